The van der Waals surface area contributed by atoms with Crippen LogP contribution in [0.2, 0.25) is 0 Å². The van der Waals surface area contributed by atoms with Crippen molar-refractivity contribution in [3.63, 3.8) is 0 Å². The molecule has 1 N–H and O–H groups in total. The Hall–Kier alpha value is 0.780. The Bertz CT molecular complexity index is 277. The SMILES string of the molecule is CCCNP(=O)(SCCC)N(CCC)C(=S)SC. The molecule has 0 aliphatic carbocycles. The Kier molecular flexibility index (Phi) is 11.0. The summed E-state index contributed by atoms with van der Waals surface area (Å²) in [6.45, 7) is 5.19. The summed E-state index contributed by atoms with van der Waals surface area (Å²) in [5, 5.41) is 3.22. The minimum absolute atomic E-state index is 0.729. The largest absolute Gasteiger partial charge is 0.293 e. The van der Waals surface area contributed by atoms with Crippen LogP contribution in [0.15, 0.2) is 0 Å². The molecule has 0 aliphatic heterocycles. The summed E-state index contributed by atoms with van der Waals surface area (Å²) in [7, 11) is 0. The lowest BCUT2D eigenvalue weighted by Gasteiger charge is -2.32. The maximum Gasteiger partial charge on any atom is 0.293 e. The number of hydrogen-bond donors (Lipinski definition) is 1. The maximum atomic E-state index is 13.1. The van der Waals surface area contributed by atoms with Crippen molar-refractivity contribution >= 4 is 46.3 Å². The van der Waals surface area contributed by atoms with Gasteiger partial charge in [0.1, 0.15) is 4.32 Å². The lowest BCUT2D eigenvalue weighted by Crippen LogP contribution is -2.30. The Morgan fingerprint density at radius 1 is 1.28 bits per heavy atom. The van der Waals surface area contributed by atoms with Crippen molar-refractivity contribution in [2.45, 2.75) is 40.0 Å². The Balaban J connectivity index is 4.94. The van der Waals surface area contributed by atoms with E-state index in [1.807, 2.05) is 10.9 Å². The molecule has 108 valence electrons. The molecule has 0 heterocycles. The van der Waals surface area contributed by atoms with Gasteiger partial charge in [0.2, 0.25) is 0 Å². The van der Waals surface area contributed by atoms with Crippen molar-refractivity contribution in [1.29, 1.82) is 0 Å². The Labute approximate surface area is 125 Å². The fourth-order valence-electron chi connectivity index (χ4n) is 1.32. The summed E-state index contributed by atoms with van der Waals surface area (Å²) in [5.41, 5.74) is 0. The summed E-state index contributed by atoms with van der Waals surface area (Å²) in [4.78, 5) is 0. The fourth-order valence-corrected chi connectivity index (χ4v) is 7.72. The van der Waals surface area contributed by atoms with Crippen LogP contribution in [0, 0.1) is 0 Å². The molecule has 0 bridgehead atoms. The van der Waals surface area contributed by atoms with Gasteiger partial charge in [0, 0.05) is 18.8 Å². The molecule has 0 spiro atoms. The normalized spacial score (nSPS) is 14.2. The first-order valence-corrected chi connectivity index (χ1v) is 11.3. The fraction of sp³-hybridized carbons (Fsp3) is 0.909. The molecule has 7 heteroatoms. The molecular formula is C11H25N2OPS3. The predicted molar refractivity (Wildman–Crippen MR) is 91.8 cm³/mol. The van der Waals surface area contributed by atoms with Gasteiger partial charge >= 0.3 is 0 Å². The predicted octanol–water partition coefficient (Wildman–Crippen LogP) is 4.60. The molecule has 0 saturated carbocycles. The van der Waals surface area contributed by atoms with Crippen molar-refractivity contribution in [3.05, 3.63) is 0 Å². The highest BCUT2D eigenvalue weighted by molar-refractivity contribution is 8.57. The minimum atomic E-state index is -2.61. The van der Waals surface area contributed by atoms with Crippen LogP contribution in [-0.4, -0.2) is 34.1 Å². The number of nitrogens with one attached hydrogen (secondary N) is 1. The van der Waals surface area contributed by atoms with E-state index in [1.54, 1.807) is 0 Å². The molecule has 18 heavy (non-hydrogen) atoms. The van der Waals surface area contributed by atoms with Crippen LogP contribution in [0.4, 0.5) is 0 Å². The summed E-state index contributed by atoms with van der Waals surface area (Å²) >= 11 is 8.38. The van der Waals surface area contributed by atoms with Crippen molar-refractivity contribution in [3.8, 4) is 0 Å². The molecule has 0 amide bonds. The topological polar surface area (TPSA) is 32.3 Å². The van der Waals surface area contributed by atoms with Crippen LogP contribution >= 0.6 is 42.0 Å². The molecule has 0 aliphatic rings. The number of thiocarbonyl (C=S) groups is 1. The van der Waals surface area contributed by atoms with E-state index >= 15 is 0 Å². The average molecular weight is 329 g/mol. The van der Waals surface area contributed by atoms with Crippen molar-refractivity contribution in [2.75, 3.05) is 25.1 Å². The third kappa shape index (κ3) is 6.29. The quantitative estimate of drug-likeness (QED) is 0.492. The van der Waals surface area contributed by atoms with Crippen LogP contribution in [-0.2, 0) is 4.57 Å². The summed E-state index contributed by atoms with van der Waals surface area (Å²) < 4.78 is 15.7. The number of rotatable bonds is 9. The second-order valence-corrected chi connectivity index (χ2v) is 10.1. The van der Waals surface area contributed by atoms with Gasteiger partial charge in [-0.25, -0.2) is 5.09 Å². The number of nitrogens with zero attached hydrogens (tertiary/aromatic N) is 1. The zero-order valence-electron chi connectivity index (χ0n) is 11.8. The van der Waals surface area contributed by atoms with Crippen LogP contribution in [0.3, 0.4) is 0 Å². The molecule has 3 nitrogen and oxygen atoms in total. The molecule has 0 aromatic heterocycles. The molecular weight excluding hydrogens is 303 g/mol. The monoisotopic (exact) mass is 328 g/mol. The van der Waals surface area contributed by atoms with E-state index in [9.17, 15) is 4.57 Å². The van der Waals surface area contributed by atoms with E-state index < -0.39 is 6.65 Å². The van der Waals surface area contributed by atoms with E-state index in [0.717, 1.165) is 42.4 Å². The van der Waals surface area contributed by atoms with Gasteiger partial charge in [0.15, 0.2) is 0 Å². The summed E-state index contributed by atoms with van der Waals surface area (Å²) in [6, 6.07) is 0. The maximum absolute atomic E-state index is 13.1. The zero-order valence-corrected chi connectivity index (χ0v) is 15.1. The van der Waals surface area contributed by atoms with Crippen LogP contribution < -0.4 is 5.09 Å². The van der Waals surface area contributed by atoms with E-state index in [4.69, 9.17) is 12.2 Å². The lowest BCUT2D eigenvalue weighted by atomic mass is 10.5. The lowest BCUT2D eigenvalue weighted by molar-refractivity contribution is 0.520. The highest BCUT2D eigenvalue weighted by Crippen LogP contribution is 2.59. The van der Waals surface area contributed by atoms with Crippen LogP contribution in [0.1, 0.15) is 40.0 Å². The molecule has 1 atom stereocenters. The van der Waals surface area contributed by atoms with Gasteiger partial charge in [-0.15, -0.1) is 0 Å². The first-order chi connectivity index (χ1) is 8.55. The van der Waals surface area contributed by atoms with Gasteiger partial charge in [0.05, 0.1) is 0 Å². The Morgan fingerprint density at radius 3 is 2.39 bits per heavy atom. The molecule has 0 rings (SSSR count). The van der Waals surface area contributed by atoms with Gasteiger partial charge < -0.3 is 0 Å². The minimum Gasteiger partial charge on any atom is -0.288 e. The summed E-state index contributed by atoms with van der Waals surface area (Å²) in [6.07, 6.45) is 4.89. The third-order valence-electron chi connectivity index (χ3n) is 2.17. The van der Waals surface area contributed by atoms with E-state index in [0.29, 0.717) is 0 Å². The molecule has 0 fully saturated rings. The molecule has 0 aromatic carbocycles. The highest BCUT2D eigenvalue weighted by Gasteiger charge is 2.31. The van der Waals surface area contributed by atoms with Crippen molar-refractivity contribution in [1.82, 2.24) is 9.76 Å². The standard InChI is InChI=1S/C11H25N2OPS3/c1-5-8-12-15(14,18-10-7-3)13(9-6-2)11(16)17-4/h5-10H2,1-4H3,(H,12,14). The molecule has 0 saturated heterocycles. The first-order valence-electron chi connectivity index (χ1n) is 6.41. The smallest absolute Gasteiger partial charge is 0.288 e. The molecule has 1 unspecified atom stereocenters. The third-order valence-corrected chi connectivity index (χ3v) is 8.91. The molecule has 0 aromatic rings. The highest BCUT2D eigenvalue weighted by atomic mass is 32.7. The summed E-state index contributed by atoms with van der Waals surface area (Å²) in [5.74, 6) is 0.894. The second kappa shape index (κ2) is 10.6. The van der Waals surface area contributed by atoms with Crippen molar-refractivity contribution < 1.29 is 4.57 Å². The number of hydrogen-bond acceptors (Lipinski definition) is 4. The van der Waals surface area contributed by atoms with Gasteiger partial charge in [-0.1, -0.05) is 56.1 Å². The van der Waals surface area contributed by atoms with Gasteiger partial charge in [-0.3, -0.25) is 9.24 Å². The van der Waals surface area contributed by atoms with Gasteiger partial charge in [-0.05, 0) is 25.5 Å². The zero-order chi connectivity index (χ0) is 14.0. The van der Waals surface area contributed by atoms with Gasteiger partial charge in [-0.2, -0.15) is 0 Å². The van der Waals surface area contributed by atoms with E-state index in [-0.39, 0.29) is 0 Å². The van der Waals surface area contributed by atoms with Crippen LogP contribution in [0.25, 0.3) is 0 Å². The van der Waals surface area contributed by atoms with Crippen LogP contribution in [0.5, 0.6) is 0 Å². The van der Waals surface area contributed by atoms with E-state index in [2.05, 4.69) is 25.9 Å². The Morgan fingerprint density at radius 2 is 1.94 bits per heavy atom. The average Bonchev–Trinajstić information content (AvgIpc) is 2.39. The number of thioether (sulfide) groups is 1. The van der Waals surface area contributed by atoms with Gasteiger partial charge in [0.25, 0.3) is 6.65 Å². The van der Waals surface area contributed by atoms with Crippen molar-refractivity contribution in [2.24, 2.45) is 0 Å². The first kappa shape index (κ1) is 18.8. The second-order valence-electron chi connectivity index (χ2n) is 3.85. The van der Waals surface area contributed by atoms with E-state index in [1.165, 1.54) is 23.1 Å². The molecule has 0 radical (unpaired) electrons.